The summed E-state index contributed by atoms with van der Waals surface area (Å²) in [5.74, 6) is -0.538. The third-order valence-electron chi connectivity index (χ3n) is 3.47. The lowest BCUT2D eigenvalue weighted by atomic mass is 10.2. The number of hydrogen-bond acceptors (Lipinski definition) is 8. The van der Waals surface area contributed by atoms with Crippen LogP contribution in [0.25, 0.3) is 0 Å². The van der Waals surface area contributed by atoms with E-state index in [2.05, 4.69) is 15.3 Å². The molecule has 0 spiro atoms. The molecular formula is C17H11N5O5S. The minimum Gasteiger partial charge on any atom is -0.307 e. The lowest BCUT2D eigenvalue weighted by molar-refractivity contribution is -0.387. The fraction of sp³-hybridized carbons (Fsp3) is 0. The first-order valence-corrected chi connectivity index (χ1v) is 8.55. The highest BCUT2D eigenvalue weighted by Crippen LogP contribution is 2.34. The quantitative estimate of drug-likeness (QED) is 0.490. The zero-order valence-electron chi connectivity index (χ0n) is 14.0. The van der Waals surface area contributed by atoms with Crippen LogP contribution in [0.15, 0.2) is 70.8 Å². The zero-order chi connectivity index (χ0) is 20.1. The molecule has 140 valence electrons. The number of nitrogens with one attached hydrogen (secondary N) is 1. The van der Waals surface area contributed by atoms with E-state index in [1.807, 2.05) is 0 Å². The lowest BCUT2D eigenvalue weighted by Gasteiger charge is -2.06. The molecule has 11 heteroatoms. The van der Waals surface area contributed by atoms with E-state index in [0.29, 0.717) is 9.92 Å². The Morgan fingerprint density at radius 2 is 1.82 bits per heavy atom. The summed E-state index contributed by atoms with van der Waals surface area (Å²) in [6, 6.07) is 11.8. The maximum Gasteiger partial charge on any atom is 0.287 e. The van der Waals surface area contributed by atoms with E-state index < -0.39 is 15.8 Å². The number of anilines is 1. The molecule has 0 saturated heterocycles. The predicted octanol–water partition coefficient (Wildman–Crippen LogP) is 3.70. The average molecular weight is 397 g/mol. The maximum atomic E-state index is 12.4. The van der Waals surface area contributed by atoms with Crippen LogP contribution < -0.4 is 5.32 Å². The number of carbonyl (C=O) groups is 1. The number of nitro benzene ring substituents is 1. The molecule has 2 aromatic heterocycles. The molecule has 2 heterocycles. The van der Waals surface area contributed by atoms with Gasteiger partial charge in [0.05, 0.1) is 14.7 Å². The summed E-state index contributed by atoms with van der Waals surface area (Å²) in [5, 5.41) is 25.1. The average Bonchev–Trinajstić information content (AvgIpc) is 2.69. The van der Waals surface area contributed by atoms with Gasteiger partial charge in [0.25, 0.3) is 17.3 Å². The number of benzene rings is 1. The summed E-state index contributed by atoms with van der Waals surface area (Å²) in [7, 11) is 0. The van der Waals surface area contributed by atoms with Crippen molar-refractivity contribution in [3.63, 3.8) is 0 Å². The number of rotatable bonds is 6. The van der Waals surface area contributed by atoms with Crippen molar-refractivity contribution in [1.29, 1.82) is 0 Å². The van der Waals surface area contributed by atoms with Crippen molar-refractivity contribution < 1.29 is 14.6 Å². The Balaban J connectivity index is 1.81. The van der Waals surface area contributed by atoms with Gasteiger partial charge in [-0.25, -0.2) is 9.97 Å². The van der Waals surface area contributed by atoms with Crippen LogP contribution in [0.4, 0.5) is 17.2 Å². The van der Waals surface area contributed by atoms with Gasteiger partial charge < -0.3 is 5.32 Å². The van der Waals surface area contributed by atoms with Crippen LogP contribution in [0.2, 0.25) is 0 Å². The van der Waals surface area contributed by atoms with E-state index in [0.717, 1.165) is 24.0 Å². The Kier molecular flexibility index (Phi) is 5.56. The lowest BCUT2D eigenvalue weighted by Crippen LogP contribution is -2.13. The Morgan fingerprint density at radius 1 is 1.00 bits per heavy atom. The first kappa shape index (κ1) is 18.9. The van der Waals surface area contributed by atoms with E-state index in [-0.39, 0.29) is 22.8 Å². The number of carbonyl (C=O) groups excluding carboxylic acids is 1. The molecule has 0 aliphatic heterocycles. The van der Waals surface area contributed by atoms with Crippen LogP contribution in [-0.4, -0.2) is 25.7 Å². The van der Waals surface area contributed by atoms with Gasteiger partial charge in [-0.3, -0.25) is 25.0 Å². The van der Waals surface area contributed by atoms with Crippen LogP contribution in [-0.2, 0) is 0 Å². The Morgan fingerprint density at radius 3 is 2.43 bits per heavy atom. The highest BCUT2D eigenvalue weighted by molar-refractivity contribution is 7.99. The Bertz CT molecular complexity index is 1040. The maximum absolute atomic E-state index is 12.4. The van der Waals surface area contributed by atoms with Crippen molar-refractivity contribution in [3.05, 3.63) is 86.7 Å². The second-order valence-corrected chi connectivity index (χ2v) is 6.38. The van der Waals surface area contributed by atoms with Crippen molar-refractivity contribution in [1.82, 2.24) is 9.97 Å². The van der Waals surface area contributed by atoms with Gasteiger partial charge in [-0.2, -0.15) is 0 Å². The number of amides is 1. The summed E-state index contributed by atoms with van der Waals surface area (Å²) in [4.78, 5) is 41.4. The van der Waals surface area contributed by atoms with E-state index in [1.54, 1.807) is 24.4 Å². The number of nitro groups is 2. The van der Waals surface area contributed by atoms with Crippen LogP contribution in [0, 0.1) is 20.2 Å². The van der Waals surface area contributed by atoms with Gasteiger partial charge in [-0.15, -0.1) is 0 Å². The molecule has 0 aliphatic rings. The van der Waals surface area contributed by atoms with Crippen molar-refractivity contribution in [2.45, 2.75) is 9.92 Å². The molecule has 1 aromatic carbocycles. The number of hydrogen-bond donors (Lipinski definition) is 1. The summed E-state index contributed by atoms with van der Waals surface area (Å²) < 4.78 is 0. The first-order chi connectivity index (χ1) is 13.4. The Hall–Kier alpha value is -3.86. The summed E-state index contributed by atoms with van der Waals surface area (Å²) >= 11 is 1.11. The summed E-state index contributed by atoms with van der Waals surface area (Å²) in [6.45, 7) is 0. The molecule has 0 radical (unpaired) electrons. The molecule has 1 amide bonds. The number of aromatic nitrogens is 2. The van der Waals surface area contributed by atoms with Crippen molar-refractivity contribution in [3.8, 4) is 0 Å². The molecule has 1 N–H and O–H groups in total. The first-order valence-electron chi connectivity index (χ1n) is 7.73. The standard InChI is InChI=1S/C17H11N5O5S/c23-17(20-15-7-5-12(10-19-15)21(24)25)11-4-6-14(13(9-11)22(26)27)28-16-3-1-2-8-18-16/h1-10H,(H,19,20,23). The molecule has 0 aliphatic carbocycles. The molecule has 0 bridgehead atoms. The molecule has 3 rings (SSSR count). The van der Waals surface area contributed by atoms with Gasteiger partial charge in [-0.1, -0.05) is 17.8 Å². The second kappa shape index (κ2) is 8.22. The van der Waals surface area contributed by atoms with Gasteiger partial charge in [0.2, 0.25) is 0 Å². The molecular weight excluding hydrogens is 386 g/mol. The number of nitrogens with zero attached hydrogens (tertiary/aromatic N) is 4. The largest absolute Gasteiger partial charge is 0.307 e. The summed E-state index contributed by atoms with van der Waals surface area (Å²) in [5.41, 5.74) is -0.401. The van der Waals surface area contributed by atoms with Crippen molar-refractivity contribution in [2.24, 2.45) is 0 Å². The smallest absolute Gasteiger partial charge is 0.287 e. The van der Waals surface area contributed by atoms with Crippen molar-refractivity contribution in [2.75, 3.05) is 5.32 Å². The molecule has 3 aromatic rings. The predicted molar refractivity (Wildman–Crippen MR) is 100 cm³/mol. The van der Waals surface area contributed by atoms with Gasteiger partial charge in [-0.05, 0) is 30.3 Å². The highest BCUT2D eigenvalue weighted by atomic mass is 32.2. The van der Waals surface area contributed by atoms with Crippen LogP contribution in [0.3, 0.4) is 0 Å². The van der Waals surface area contributed by atoms with Crippen LogP contribution in [0.1, 0.15) is 10.4 Å². The third-order valence-corrected chi connectivity index (χ3v) is 4.49. The SMILES string of the molecule is O=C(Nc1ccc([N+](=O)[O-])cn1)c1ccc(Sc2ccccn2)c([N+](=O)[O-])c1. The van der Waals surface area contributed by atoms with Crippen molar-refractivity contribution >= 4 is 34.9 Å². The highest BCUT2D eigenvalue weighted by Gasteiger charge is 2.19. The minimum absolute atomic E-state index is 0.0530. The Labute approximate surface area is 161 Å². The minimum atomic E-state index is -0.626. The second-order valence-electron chi connectivity index (χ2n) is 5.32. The van der Waals surface area contributed by atoms with Gasteiger partial charge >= 0.3 is 0 Å². The fourth-order valence-corrected chi connectivity index (χ4v) is 3.02. The monoisotopic (exact) mass is 397 g/mol. The molecule has 0 atom stereocenters. The molecule has 28 heavy (non-hydrogen) atoms. The van der Waals surface area contributed by atoms with E-state index in [1.165, 1.54) is 24.3 Å². The van der Waals surface area contributed by atoms with Gasteiger partial charge in [0.15, 0.2) is 0 Å². The topological polar surface area (TPSA) is 141 Å². The van der Waals surface area contributed by atoms with E-state index in [4.69, 9.17) is 0 Å². The fourth-order valence-electron chi connectivity index (χ4n) is 2.16. The zero-order valence-corrected chi connectivity index (χ0v) is 14.8. The van der Waals surface area contributed by atoms with Crippen LogP contribution in [0.5, 0.6) is 0 Å². The molecule has 0 fully saturated rings. The molecule has 10 nitrogen and oxygen atoms in total. The van der Waals surface area contributed by atoms with Gasteiger partial charge in [0.1, 0.15) is 17.0 Å². The number of pyridine rings is 2. The molecule has 0 unspecified atom stereocenters. The third kappa shape index (κ3) is 4.45. The summed E-state index contributed by atoms with van der Waals surface area (Å²) in [6.07, 6.45) is 2.58. The normalized spacial score (nSPS) is 10.3. The van der Waals surface area contributed by atoms with E-state index in [9.17, 15) is 25.0 Å². The molecule has 0 saturated carbocycles. The van der Waals surface area contributed by atoms with Gasteiger partial charge in [0, 0.05) is 23.9 Å². The van der Waals surface area contributed by atoms with Crippen LogP contribution >= 0.6 is 11.8 Å². The van der Waals surface area contributed by atoms with E-state index >= 15 is 0 Å².